The van der Waals surface area contributed by atoms with E-state index in [4.69, 9.17) is 10.00 Å². The first-order valence-corrected chi connectivity index (χ1v) is 5.45. The molecule has 0 radical (unpaired) electrons. The van der Waals surface area contributed by atoms with Gasteiger partial charge in [-0.1, -0.05) is 12.1 Å². The molecule has 1 aromatic heterocycles. The maximum absolute atomic E-state index is 9.15. The normalized spacial score (nSPS) is 12.1. The molecule has 0 bridgehead atoms. The van der Waals surface area contributed by atoms with Crippen molar-refractivity contribution in [2.75, 3.05) is 6.61 Å². The summed E-state index contributed by atoms with van der Waals surface area (Å²) in [4.78, 5) is 7.49. The fourth-order valence-electron chi connectivity index (χ4n) is 1.66. The van der Waals surface area contributed by atoms with E-state index < -0.39 is 0 Å². The summed E-state index contributed by atoms with van der Waals surface area (Å²) in [7, 11) is 0. The second-order valence-electron chi connectivity index (χ2n) is 3.58. The number of nitrogens with one attached hydrogen (secondary N) is 1. The third-order valence-corrected chi connectivity index (χ3v) is 2.45. The van der Waals surface area contributed by atoms with Gasteiger partial charge in [0.25, 0.3) is 0 Å². The average Bonchev–Trinajstić information content (AvgIpc) is 2.73. The van der Waals surface area contributed by atoms with E-state index in [9.17, 15) is 0 Å². The number of para-hydroxylation sites is 2. The number of benzene rings is 1. The lowest BCUT2D eigenvalue weighted by molar-refractivity contribution is 0.233. The van der Waals surface area contributed by atoms with E-state index in [1.165, 1.54) is 0 Å². The van der Waals surface area contributed by atoms with Crippen molar-refractivity contribution in [1.82, 2.24) is 9.97 Å². The maximum Gasteiger partial charge on any atom is 0.152 e. The Balaban J connectivity index is 2.52. The number of nitriles is 1. The number of aromatic amines is 1. The van der Waals surface area contributed by atoms with Crippen molar-refractivity contribution in [2.24, 2.45) is 0 Å². The summed E-state index contributed by atoms with van der Waals surface area (Å²) in [5.74, 6) is 1.15. The largest absolute Gasteiger partial charge is 0.497 e. The molecule has 0 atom stereocenters. The zero-order chi connectivity index (χ0) is 12.3. The Kier molecular flexibility index (Phi) is 3.10. The Bertz CT molecular complexity index is 571. The molecule has 2 rings (SSSR count). The lowest BCUT2D eigenvalue weighted by Crippen LogP contribution is -1.94. The molecular formula is C13H13N3O. The van der Waals surface area contributed by atoms with Crippen LogP contribution in [0.1, 0.15) is 19.7 Å². The standard InChI is InChI=1S/C13H13N3O/c1-3-17-9(2)10(8-14)13-15-11-6-4-5-7-12(11)16-13/h4-7H,3H2,1-2H3,(H,15,16)/b10-9+. The molecule has 1 N–H and O–H groups in total. The zero-order valence-electron chi connectivity index (χ0n) is 9.82. The van der Waals surface area contributed by atoms with Crippen LogP contribution >= 0.6 is 0 Å². The van der Waals surface area contributed by atoms with Gasteiger partial charge in [-0.3, -0.25) is 0 Å². The number of allylic oxidation sites excluding steroid dienone is 2. The maximum atomic E-state index is 9.15. The van der Waals surface area contributed by atoms with Crippen LogP contribution in [0.15, 0.2) is 30.0 Å². The van der Waals surface area contributed by atoms with Gasteiger partial charge < -0.3 is 9.72 Å². The van der Waals surface area contributed by atoms with Gasteiger partial charge in [0.2, 0.25) is 0 Å². The van der Waals surface area contributed by atoms with E-state index >= 15 is 0 Å². The van der Waals surface area contributed by atoms with Crippen LogP contribution in [0.5, 0.6) is 0 Å². The molecule has 0 aliphatic heterocycles. The number of H-pyrrole nitrogens is 1. The smallest absolute Gasteiger partial charge is 0.152 e. The Labute approximate surface area is 99.5 Å². The van der Waals surface area contributed by atoms with E-state index in [2.05, 4.69) is 16.0 Å². The van der Waals surface area contributed by atoms with Crippen molar-refractivity contribution in [1.29, 1.82) is 5.26 Å². The Morgan fingerprint density at radius 1 is 1.47 bits per heavy atom. The summed E-state index contributed by atoms with van der Waals surface area (Å²) in [6.45, 7) is 4.20. The first-order chi connectivity index (χ1) is 8.26. The molecule has 0 saturated carbocycles. The number of aromatic nitrogens is 2. The molecule has 4 heteroatoms. The van der Waals surface area contributed by atoms with Gasteiger partial charge >= 0.3 is 0 Å². The van der Waals surface area contributed by atoms with Gasteiger partial charge in [0.1, 0.15) is 17.4 Å². The van der Waals surface area contributed by atoms with Gasteiger partial charge in [-0.2, -0.15) is 5.26 Å². The van der Waals surface area contributed by atoms with Crippen molar-refractivity contribution in [3.05, 3.63) is 35.8 Å². The van der Waals surface area contributed by atoms with Gasteiger partial charge in [-0.05, 0) is 26.0 Å². The highest BCUT2D eigenvalue weighted by Gasteiger charge is 2.11. The average molecular weight is 227 g/mol. The van der Waals surface area contributed by atoms with Crippen molar-refractivity contribution < 1.29 is 4.74 Å². The monoisotopic (exact) mass is 227 g/mol. The van der Waals surface area contributed by atoms with Crippen LogP contribution in [0.2, 0.25) is 0 Å². The fourth-order valence-corrected chi connectivity index (χ4v) is 1.66. The summed E-state index contributed by atoms with van der Waals surface area (Å²) in [6.07, 6.45) is 0. The predicted octanol–water partition coefficient (Wildman–Crippen LogP) is 2.85. The summed E-state index contributed by atoms with van der Waals surface area (Å²) >= 11 is 0. The molecular weight excluding hydrogens is 214 g/mol. The Hall–Kier alpha value is -2.28. The SMILES string of the molecule is CCO/C(C)=C(\C#N)c1nc2ccccc2[nH]1. The third kappa shape index (κ3) is 2.13. The van der Waals surface area contributed by atoms with Crippen LogP contribution in [0, 0.1) is 11.3 Å². The van der Waals surface area contributed by atoms with Gasteiger partial charge in [0.05, 0.1) is 17.6 Å². The van der Waals surface area contributed by atoms with E-state index in [0.29, 0.717) is 23.8 Å². The molecule has 1 aromatic carbocycles. The molecule has 17 heavy (non-hydrogen) atoms. The second-order valence-corrected chi connectivity index (χ2v) is 3.58. The molecule has 0 fully saturated rings. The number of nitrogens with zero attached hydrogens (tertiary/aromatic N) is 2. The summed E-state index contributed by atoms with van der Waals surface area (Å²) < 4.78 is 5.34. The molecule has 2 aromatic rings. The van der Waals surface area contributed by atoms with Gasteiger partial charge in [-0.15, -0.1) is 0 Å². The van der Waals surface area contributed by atoms with Crippen LogP contribution in [-0.4, -0.2) is 16.6 Å². The van der Waals surface area contributed by atoms with Crippen molar-refractivity contribution >= 4 is 16.6 Å². The first kappa shape index (κ1) is 11.2. The van der Waals surface area contributed by atoms with E-state index in [-0.39, 0.29) is 0 Å². The predicted molar refractivity (Wildman–Crippen MR) is 65.9 cm³/mol. The van der Waals surface area contributed by atoms with E-state index in [1.54, 1.807) is 6.92 Å². The van der Waals surface area contributed by atoms with Crippen LogP contribution < -0.4 is 0 Å². The number of rotatable bonds is 3. The number of fused-ring (bicyclic) bond motifs is 1. The molecule has 0 aliphatic carbocycles. The Morgan fingerprint density at radius 2 is 2.24 bits per heavy atom. The third-order valence-electron chi connectivity index (χ3n) is 2.45. The second kappa shape index (κ2) is 4.71. The first-order valence-electron chi connectivity index (χ1n) is 5.45. The molecule has 0 aliphatic rings. The molecule has 0 unspecified atom stereocenters. The molecule has 4 nitrogen and oxygen atoms in total. The summed E-state index contributed by atoms with van der Waals surface area (Å²) in [6, 6.07) is 9.80. The fraction of sp³-hybridized carbons (Fsp3) is 0.231. The van der Waals surface area contributed by atoms with Crippen LogP contribution in [0.3, 0.4) is 0 Å². The van der Waals surface area contributed by atoms with Gasteiger partial charge in [0, 0.05) is 0 Å². The van der Waals surface area contributed by atoms with E-state index in [1.807, 2.05) is 31.2 Å². The quantitative estimate of drug-likeness (QED) is 0.647. The van der Waals surface area contributed by atoms with Gasteiger partial charge in [-0.25, -0.2) is 4.98 Å². The molecule has 1 heterocycles. The molecule has 0 saturated heterocycles. The minimum atomic E-state index is 0.447. The van der Waals surface area contributed by atoms with Crippen molar-refractivity contribution in [2.45, 2.75) is 13.8 Å². The minimum Gasteiger partial charge on any atom is -0.497 e. The molecule has 0 spiro atoms. The van der Waals surface area contributed by atoms with Crippen LogP contribution in [0.4, 0.5) is 0 Å². The molecule has 0 amide bonds. The van der Waals surface area contributed by atoms with Crippen molar-refractivity contribution in [3.8, 4) is 6.07 Å². The number of hydrogen-bond donors (Lipinski definition) is 1. The van der Waals surface area contributed by atoms with Crippen molar-refractivity contribution in [3.63, 3.8) is 0 Å². The highest BCUT2D eigenvalue weighted by atomic mass is 16.5. The number of ether oxygens (including phenoxy) is 1. The zero-order valence-corrected chi connectivity index (χ0v) is 9.82. The van der Waals surface area contributed by atoms with Crippen LogP contribution in [0.25, 0.3) is 16.6 Å². The Morgan fingerprint density at radius 3 is 2.88 bits per heavy atom. The van der Waals surface area contributed by atoms with Crippen LogP contribution in [-0.2, 0) is 4.74 Å². The number of imidazole rings is 1. The minimum absolute atomic E-state index is 0.447. The molecule has 86 valence electrons. The highest BCUT2D eigenvalue weighted by Crippen LogP contribution is 2.19. The highest BCUT2D eigenvalue weighted by molar-refractivity contribution is 5.82. The summed E-state index contributed by atoms with van der Waals surface area (Å²) in [5, 5.41) is 9.15. The number of hydrogen-bond acceptors (Lipinski definition) is 3. The van der Waals surface area contributed by atoms with Gasteiger partial charge in [0.15, 0.2) is 5.82 Å². The summed E-state index contributed by atoms with van der Waals surface area (Å²) in [5.41, 5.74) is 2.21. The topological polar surface area (TPSA) is 61.7 Å². The lowest BCUT2D eigenvalue weighted by Gasteiger charge is -2.03. The van der Waals surface area contributed by atoms with E-state index in [0.717, 1.165) is 11.0 Å². The lowest BCUT2D eigenvalue weighted by atomic mass is 10.2.